The molecule has 0 bridgehead atoms. The summed E-state index contributed by atoms with van der Waals surface area (Å²) in [5.74, 6) is -0.184. The molecule has 134 valence electrons. The summed E-state index contributed by atoms with van der Waals surface area (Å²) in [7, 11) is 0. The Bertz CT molecular complexity index is 855. The Kier molecular flexibility index (Phi) is 4.97. The summed E-state index contributed by atoms with van der Waals surface area (Å²) < 4.78 is 5.29. The zero-order valence-corrected chi connectivity index (χ0v) is 13.7. The molecule has 9 nitrogen and oxygen atoms in total. The van der Waals surface area contributed by atoms with Gasteiger partial charge in [-0.05, 0) is 24.3 Å². The van der Waals surface area contributed by atoms with Crippen molar-refractivity contribution < 1.29 is 19.2 Å². The quantitative estimate of drug-likeness (QED) is 0.608. The Morgan fingerprint density at radius 2 is 2.08 bits per heavy atom. The number of hydrogen-bond donors (Lipinski definition) is 2. The van der Waals surface area contributed by atoms with E-state index in [0.29, 0.717) is 24.5 Å². The molecular formula is C17H16N4O5. The van der Waals surface area contributed by atoms with Gasteiger partial charge in [-0.25, -0.2) is 4.79 Å². The maximum atomic E-state index is 12.0. The van der Waals surface area contributed by atoms with Gasteiger partial charge in [-0.2, -0.15) is 0 Å². The second-order valence-corrected chi connectivity index (χ2v) is 5.53. The van der Waals surface area contributed by atoms with E-state index in [4.69, 9.17) is 4.74 Å². The zero-order chi connectivity index (χ0) is 18.5. The number of non-ortho nitro benzene ring substituents is 1. The molecule has 1 fully saturated rings. The first-order chi connectivity index (χ1) is 12.5. The third kappa shape index (κ3) is 4.07. The number of nitrogens with one attached hydrogen (secondary N) is 2. The number of nitrogens with zero attached hydrogens (tertiary/aromatic N) is 2. The number of urea groups is 1. The number of anilines is 2. The summed E-state index contributed by atoms with van der Waals surface area (Å²) in [6.45, 7) is 0.841. The maximum Gasteiger partial charge on any atom is 0.321 e. The van der Waals surface area contributed by atoms with Gasteiger partial charge in [0.15, 0.2) is 6.61 Å². The van der Waals surface area contributed by atoms with Crippen molar-refractivity contribution in [1.82, 2.24) is 5.32 Å². The number of carbonyl (C=O) groups excluding carboxylic acids is 2. The van der Waals surface area contributed by atoms with Gasteiger partial charge in [-0.1, -0.05) is 12.1 Å². The van der Waals surface area contributed by atoms with E-state index >= 15 is 0 Å². The molecule has 0 radical (unpaired) electrons. The van der Waals surface area contributed by atoms with Crippen LogP contribution in [0.2, 0.25) is 0 Å². The van der Waals surface area contributed by atoms with Gasteiger partial charge in [0.05, 0.1) is 11.0 Å². The fourth-order valence-electron chi connectivity index (χ4n) is 2.50. The Morgan fingerprint density at radius 3 is 2.81 bits per heavy atom. The molecule has 0 spiro atoms. The Labute approximate surface area is 148 Å². The lowest BCUT2D eigenvalue weighted by atomic mass is 10.2. The van der Waals surface area contributed by atoms with Crippen LogP contribution in [0.5, 0.6) is 5.75 Å². The van der Waals surface area contributed by atoms with E-state index in [2.05, 4.69) is 10.6 Å². The summed E-state index contributed by atoms with van der Waals surface area (Å²) in [5.41, 5.74) is 1.09. The van der Waals surface area contributed by atoms with Gasteiger partial charge in [0.1, 0.15) is 5.75 Å². The molecule has 1 saturated heterocycles. The molecule has 0 saturated carbocycles. The molecule has 2 N–H and O–H groups in total. The van der Waals surface area contributed by atoms with Crippen molar-refractivity contribution in [2.45, 2.75) is 0 Å². The van der Waals surface area contributed by atoms with Crippen LogP contribution in [-0.2, 0) is 4.79 Å². The second-order valence-electron chi connectivity index (χ2n) is 5.53. The summed E-state index contributed by atoms with van der Waals surface area (Å²) in [5, 5.41) is 16.1. The van der Waals surface area contributed by atoms with Crippen molar-refractivity contribution >= 4 is 29.0 Å². The van der Waals surface area contributed by atoms with Gasteiger partial charge in [0.25, 0.3) is 11.6 Å². The molecule has 0 unspecified atom stereocenters. The highest BCUT2D eigenvalue weighted by atomic mass is 16.6. The second kappa shape index (κ2) is 7.51. The lowest BCUT2D eigenvalue weighted by Gasteiger charge is -2.15. The molecular weight excluding hydrogens is 340 g/mol. The molecule has 0 aromatic heterocycles. The minimum atomic E-state index is -0.535. The summed E-state index contributed by atoms with van der Waals surface area (Å²) >= 11 is 0. The largest absolute Gasteiger partial charge is 0.484 e. The highest BCUT2D eigenvalue weighted by Gasteiger charge is 2.21. The van der Waals surface area contributed by atoms with E-state index in [0.717, 1.165) is 0 Å². The monoisotopic (exact) mass is 356 g/mol. The number of nitro groups is 1. The number of ether oxygens (including phenoxy) is 1. The molecule has 2 aromatic rings. The molecule has 26 heavy (non-hydrogen) atoms. The van der Waals surface area contributed by atoms with Crippen LogP contribution in [0.4, 0.5) is 21.9 Å². The molecule has 1 aliphatic heterocycles. The fraction of sp³-hybridized carbons (Fsp3) is 0.176. The molecule has 0 aliphatic carbocycles. The van der Waals surface area contributed by atoms with Gasteiger partial charge in [-0.15, -0.1) is 0 Å². The molecule has 1 aliphatic rings. The first-order valence-electron chi connectivity index (χ1n) is 7.85. The third-order valence-electron chi connectivity index (χ3n) is 3.70. The first-order valence-corrected chi connectivity index (χ1v) is 7.85. The van der Waals surface area contributed by atoms with E-state index in [-0.39, 0.29) is 24.1 Å². The standard InChI is InChI=1S/C17H16N4O5/c22-16(11-26-15-6-2-5-14(10-15)21(24)25)19-12-3-1-4-13(9-12)20-8-7-18-17(20)23/h1-6,9-10H,7-8,11H2,(H,18,23)(H,19,22). The van der Waals surface area contributed by atoms with Crippen LogP contribution in [0.15, 0.2) is 48.5 Å². The van der Waals surface area contributed by atoms with Crippen LogP contribution in [0.25, 0.3) is 0 Å². The third-order valence-corrected chi connectivity index (χ3v) is 3.70. The molecule has 0 atom stereocenters. The van der Waals surface area contributed by atoms with Crippen molar-refractivity contribution in [3.63, 3.8) is 0 Å². The average Bonchev–Trinajstić information content (AvgIpc) is 3.06. The number of hydrogen-bond acceptors (Lipinski definition) is 5. The lowest BCUT2D eigenvalue weighted by molar-refractivity contribution is -0.384. The van der Waals surface area contributed by atoms with Gasteiger partial charge >= 0.3 is 6.03 Å². The van der Waals surface area contributed by atoms with Gasteiger partial charge < -0.3 is 15.4 Å². The molecule has 3 rings (SSSR count). The molecule has 9 heteroatoms. The van der Waals surface area contributed by atoms with Gasteiger partial charge in [0, 0.05) is 30.5 Å². The fourth-order valence-corrected chi connectivity index (χ4v) is 2.50. The summed E-state index contributed by atoms with van der Waals surface area (Å²) in [6, 6.07) is 12.3. The Hall–Kier alpha value is -3.62. The minimum absolute atomic E-state index is 0.112. The topological polar surface area (TPSA) is 114 Å². The van der Waals surface area contributed by atoms with E-state index in [1.807, 2.05) is 0 Å². The van der Waals surface area contributed by atoms with Crippen molar-refractivity contribution in [2.75, 3.05) is 29.9 Å². The summed E-state index contributed by atoms with van der Waals surface area (Å²) in [4.78, 5) is 35.5. The maximum absolute atomic E-state index is 12.0. The van der Waals surface area contributed by atoms with Gasteiger partial charge in [-0.3, -0.25) is 19.8 Å². The highest BCUT2D eigenvalue weighted by Crippen LogP contribution is 2.21. The first kappa shape index (κ1) is 17.2. The van der Waals surface area contributed by atoms with Gasteiger partial charge in [0.2, 0.25) is 0 Å². The SMILES string of the molecule is O=C(COc1cccc([N+](=O)[O-])c1)Nc1cccc(N2CCNC2=O)c1. The summed E-state index contributed by atoms with van der Waals surface area (Å²) in [6.07, 6.45) is 0. The van der Waals surface area contributed by atoms with Crippen molar-refractivity contribution in [2.24, 2.45) is 0 Å². The number of rotatable bonds is 6. The van der Waals surface area contributed by atoms with Crippen LogP contribution in [-0.4, -0.2) is 36.6 Å². The van der Waals surface area contributed by atoms with Crippen LogP contribution in [0.1, 0.15) is 0 Å². The van der Waals surface area contributed by atoms with Crippen molar-refractivity contribution in [3.8, 4) is 5.75 Å². The van der Waals surface area contributed by atoms with Crippen molar-refractivity contribution in [1.29, 1.82) is 0 Å². The van der Waals surface area contributed by atoms with Crippen LogP contribution >= 0.6 is 0 Å². The average molecular weight is 356 g/mol. The predicted octanol–water partition coefficient (Wildman–Crippen LogP) is 2.14. The van der Waals surface area contributed by atoms with Crippen LogP contribution in [0.3, 0.4) is 0 Å². The van der Waals surface area contributed by atoms with E-state index in [9.17, 15) is 19.7 Å². The van der Waals surface area contributed by atoms with E-state index < -0.39 is 10.8 Å². The minimum Gasteiger partial charge on any atom is -0.484 e. The van der Waals surface area contributed by atoms with Crippen LogP contribution < -0.4 is 20.3 Å². The van der Waals surface area contributed by atoms with E-state index in [1.165, 1.54) is 24.3 Å². The number of nitro benzene ring substituents is 1. The van der Waals surface area contributed by atoms with E-state index in [1.54, 1.807) is 29.2 Å². The van der Waals surface area contributed by atoms with Crippen LogP contribution in [0, 0.1) is 10.1 Å². The molecule has 3 amide bonds. The highest BCUT2D eigenvalue weighted by molar-refractivity contribution is 5.96. The molecule has 1 heterocycles. The number of carbonyl (C=O) groups is 2. The number of benzene rings is 2. The normalized spacial score (nSPS) is 13.2. The predicted molar refractivity (Wildman–Crippen MR) is 94.4 cm³/mol. The Morgan fingerprint density at radius 1 is 1.27 bits per heavy atom. The smallest absolute Gasteiger partial charge is 0.321 e. The van der Waals surface area contributed by atoms with Crippen molar-refractivity contribution in [3.05, 3.63) is 58.6 Å². The zero-order valence-electron chi connectivity index (χ0n) is 13.7. The lowest BCUT2D eigenvalue weighted by Crippen LogP contribution is -2.27. The Balaban J connectivity index is 1.59. The number of amides is 3. The molecule has 2 aromatic carbocycles.